The summed E-state index contributed by atoms with van der Waals surface area (Å²) in [6.45, 7) is 1.80. The topological polar surface area (TPSA) is 68.9 Å². The lowest BCUT2D eigenvalue weighted by atomic mass is 10.1. The molecule has 0 saturated carbocycles. The summed E-state index contributed by atoms with van der Waals surface area (Å²) in [4.78, 5) is 18.0. The summed E-state index contributed by atoms with van der Waals surface area (Å²) in [5.74, 6) is -0.848. The highest BCUT2D eigenvalue weighted by atomic mass is 19.1. The molecule has 6 heteroatoms. The van der Waals surface area contributed by atoms with Gasteiger partial charge in [-0.25, -0.2) is 0 Å². The van der Waals surface area contributed by atoms with Crippen molar-refractivity contribution in [3.05, 3.63) is 64.0 Å². The van der Waals surface area contributed by atoms with Gasteiger partial charge in [-0.05, 0) is 30.2 Å². The van der Waals surface area contributed by atoms with E-state index in [1.54, 1.807) is 31.6 Å². The third kappa shape index (κ3) is 2.98. The molecule has 0 amide bonds. The number of nitro benzene ring substituents is 1. The lowest BCUT2D eigenvalue weighted by Crippen LogP contribution is -1.93. The summed E-state index contributed by atoms with van der Waals surface area (Å²) < 4.78 is 13.2. The van der Waals surface area contributed by atoms with Crippen LogP contribution < -0.4 is 0 Å². The number of benzene rings is 1. The second-order valence-corrected chi connectivity index (χ2v) is 3.89. The van der Waals surface area contributed by atoms with Crippen LogP contribution in [0.15, 0.2) is 36.8 Å². The van der Waals surface area contributed by atoms with Crippen molar-refractivity contribution in [1.82, 2.24) is 9.97 Å². The Morgan fingerprint density at radius 3 is 2.84 bits per heavy atom. The molecule has 0 radical (unpaired) electrons. The number of rotatable bonds is 3. The van der Waals surface area contributed by atoms with Crippen LogP contribution in [0, 0.1) is 15.9 Å². The second kappa shape index (κ2) is 5.34. The number of hydrogen-bond donors (Lipinski definition) is 0. The Morgan fingerprint density at radius 2 is 2.21 bits per heavy atom. The Morgan fingerprint density at radius 1 is 1.42 bits per heavy atom. The van der Waals surface area contributed by atoms with Gasteiger partial charge < -0.3 is 0 Å². The molecule has 1 aromatic heterocycles. The molecule has 0 bridgehead atoms. The predicted octanol–water partition coefficient (Wildman–Crippen LogP) is 3.08. The monoisotopic (exact) mass is 259 g/mol. The Hall–Kier alpha value is -2.63. The fraction of sp³-hybridized carbons (Fsp3) is 0.0769. The number of halogens is 1. The Kier molecular flexibility index (Phi) is 3.61. The number of nitrogens with zero attached hydrogens (tertiary/aromatic N) is 3. The van der Waals surface area contributed by atoms with E-state index >= 15 is 0 Å². The molecule has 96 valence electrons. The summed E-state index contributed by atoms with van der Waals surface area (Å²) in [5, 5.41) is 10.7. The molecule has 0 saturated heterocycles. The molecule has 0 spiro atoms. The summed E-state index contributed by atoms with van der Waals surface area (Å²) in [6.07, 6.45) is 6.39. The van der Waals surface area contributed by atoms with E-state index in [1.165, 1.54) is 12.1 Å². The van der Waals surface area contributed by atoms with E-state index < -0.39 is 16.4 Å². The van der Waals surface area contributed by atoms with Crippen molar-refractivity contribution in [3.63, 3.8) is 0 Å². The summed E-state index contributed by atoms with van der Waals surface area (Å²) >= 11 is 0. The van der Waals surface area contributed by atoms with E-state index in [-0.39, 0.29) is 0 Å². The molecular weight excluding hydrogens is 249 g/mol. The molecule has 0 aliphatic heterocycles. The predicted molar refractivity (Wildman–Crippen MR) is 68.6 cm³/mol. The van der Waals surface area contributed by atoms with Gasteiger partial charge in [0.1, 0.15) is 0 Å². The number of hydrogen-bond acceptors (Lipinski definition) is 4. The normalized spacial score (nSPS) is 11.4. The first-order valence-corrected chi connectivity index (χ1v) is 5.46. The van der Waals surface area contributed by atoms with Gasteiger partial charge in [-0.15, -0.1) is 0 Å². The number of aromatic nitrogens is 2. The van der Waals surface area contributed by atoms with Crippen LogP contribution in [0.4, 0.5) is 10.1 Å². The first kappa shape index (κ1) is 12.8. The molecular formula is C13H10FN3O2. The van der Waals surface area contributed by atoms with Crippen LogP contribution in [0.3, 0.4) is 0 Å². The van der Waals surface area contributed by atoms with Crippen molar-refractivity contribution in [3.8, 4) is 0 Å². The molecule has 0 atom stereocenters. The van der Waals surface area contributed by atoms with Gasteiger partial charge >= 0.3 is 5.69 Å². The van der Waals surface area contributed by atoms with Gasteiger partial charge in [0, 0.05) is 18.5 Å². The molecule has 0 unspecified atom stereocenters. The average molecular weight is 259 g/mol. The van der Waals surface area contributed by atoms with Gasteiger partial charge in [0.15, 0.2) is 0 Å². The lowest BCUT2D eigenvalue weighted by molar-refractivity contribution is -0.387. The highest BCUT2D eigenvalue weighted by Crippen LogP contribution is 2.21. The van der Waals surface area contributed by atoms with E-state index in [4.69, 9.17) is 0 Å². The fourth-order valence-corrected chi connectivity index (χ4v) is 1.59. The number of nitro groups is 1. The van der Waals surface area contributed by atoms with Crippen LogP contribution in [-0.2, 0) is 0 Å². The van der Waals surface area contributed by atoms with E-state index in [9.17, 15) is 14.5 Å². The zero-order chi connectivity index (χ0) is 13.8. The van der Waals surface area contributed by atoms with Crippen molar-refractivity contribution < 1.29 is 9.31 Å². The minimum atomic E-state index is -0.848. The van der Waals surface area contributed by atoms with Gasteiger partial charge in [-0.2, -0.15) is 4.39 Å². The Bertz CT molecular complexity index is 642. The molecule has 19 heavy (non-hydrogen) atoms. The lowest BCUT2D eigenvalue weighted by Gasteiger charge is -2.01. The van der Waals surface area contributed by atoms with E-state index in [2.05, 4.69) is 9.97 Å². The molecule has 2 aromatic rings. The zero-order valence-corrected chi connectivity index (χ0v) is 10.1. The van der Waals surface area contributed by atoms with Crippen molar-refractivity contribution in [1.29, 1.82) is 0 Å². The van der Waals surface area contributed by atoms with E-state index in [0.717, 1.165) is 11.6 Å². The Labute approximate surface area is 108 Å². The summed E-state index contributed by atoms with van der Waals surface area (Å²) in [6, 6.07) is 3.74. The van der Waals surface area contributed by atoms with Crippen LogP contribution in [-0.4, -0.2) is 14.9 Å². The minimum Gasteiger partial charge on any atom is -0.261 e. The van der Waals surface area contributed by atoms with Crippen LogP contribution in [0.25, 0.3) is 11.6 Å². The maximum Gasteiger partial charge on any atom is 0.305 e. The van der Waals surface area contributed by atoms with Gasteiger partial charge in [0.25, 0.3) is 0 Å². The summed E-state index contributed by atoms with van der Waals surface area (Å²) in [7, 11) is 0. The maximum atomic E-state index is 13.2. The molecule has 1 aromatic carbocycles. The first-order valence-electron chi connectivity index (χ1n) is 5.46. The third-order valence-electron chi connectivity index (χ3n) is 2.52. The van der Waals surface area contributed by atoms with Crippen molar-refractivity contribution in [2.45, 2.75) is 6.92 Å². The zero-order valence-electron chi connectivity index (χ0n) is 10.1. The van der Waals surface area contributed by atoms with E-state index in [0.29, 0.717) is 11.3 Å². The molecule has 0 N–H and O–H groups in total. The molecule has 5 nitrogen and oxygen atoms in total. The minimum absolute atomic E-state index is 0.538. The SMILES string of the molecule is CC(=Cc1ccc(F)c([N+](=O)[O-])c1)c1cnccn1. The molecule has 2 rings (SSSR count). The maximum absolute atomic E-state index is 13.2. The summed E-state index contributed by atoms with van der Waals surface area (Å²) in [5.41, 5.74) is 1.44. The molecule has 0 aliphatic rings. The molecule has 0 fully saturated rings. The van der Waals surface area contributed by atoms with Crippen LogP contribution in [0.5, 0.6) is 0 Å². The van der Waals surface area contributed by atoms with Gasteiger partial charge in [0.2, 0.25) is 5.82 Å². The highest BCUT2D eigenvalue weighted by Gasteiger charge is 2.13. The number of allylic oxidation sites excluding steroid dienone is 1. The van der Waals surface area contributed by atoms with Gasteiger partial charge in [0.05, 0.1) is 16.8 Å². The molecule has 1 heterocycles. The van der Waals surface area contributed by atoms with Crippen molar-refractivity contribution >= 4 is 17.3 Å². The second-order valence-electron chi connectivity index (χ2n) is 3.89. The van der Waals surface area contributed by atoms with Crippen molar-refractivity contribution in [2.75, 3.05) is 0 Å². The van der Waals surface area contributed by atoms with Gasteiger partial charge in [-0.3, -0.25) is 20.1 Å². The van der Waals surface area contributed by atoms with Crippen LogP contribution in [0.2, 0.25) is 0 Å². The smallest absolute Gasteiger partial charge is 0.261 e. The quantitative estimate of drug-likeness (QED) is 0.627. The first-order chi connectivity index (χ1) is 9.08. The largest absolute Gasteiger partial charge is 0.305 e. The average Bonchev–Trinajstić information content (AvgIpc) is 2.41. The third-order valence-corrected chi connectivity index (χ3v) is 2.52. The van der Waals surface area contributed by atoms with E-state index in [1.807, 2.05) is 0 Å². The highest BCUT2D eigenvalue weighted by molar-refractivity contribution is 5.78. The standard InChI is InChI=1S/C13H10FN3O2/c1-9(12-8-15-4-5-16-12)6-10-2-3-11(14)13(7-10)17(18)19/h2-8H,1H3. The fourth-order valence-electron chi connectivity index (χ4n) is 1.59. The van der Waals surface area contributed by atoms with Crippen molar-refractivity contribution in [2.24, 2.45) is 0 Å². The molecule has 0 aliphatic carbocycles. The van der Waals surface area contributed by atoms with Crippen LogP contribution in [0.1, 0.15) is 18.2 Å². The van der Waals surface area contributed by atoms with Crippen LogP contribution >= 0.6 is 0 Å². The van der Waals surface area contributed by atoms with Gasteiger partial charge in [-0.1, -0.05) is 6.07 Å². The Balaban J connectivity index is 2.38.